The predicted molar refractivity (Wildman–Crippen MR) is 178 cm³/mol. The lowest BCUT2D eigenvalue weighted by Crippen LogP contribution is -2.32. The first-order chi connectivity index (χ1) is 22.4. The number of carbonyl (C=O) groups is 2. The van der Waals surface area contributed by atoms with Gasteiger partial charge in [0.15, 0.2) is 23.0 Å². The minimum Gasteiger partial charge on any atom is -0.493 e. The molecule has 0 aromatic heterocycles. The number of Topliss-reactive ketones (excluding diaryl/α,β-unsaturated/α-hetero) is 2. The molecule has 6 rings (SSSR count). The third-order valence-corrected chi connectivity index (χ3v) is 10.4. The molecule has 0 aliphatic heterocycles. The van der Waals surface area contributed by atoms with Gasteiger partial charge in [0.1, 0.15) is 11.6 Å². The first-order valence-electron chi connectivity index (χ1n) is 17.2. The molecule has 0 N–H and O–H groups in total. The number of methoxy groups -OCH3 is 2. The van der Waals surface area contributed by atoms with Crippen LogP contribution in [0.3, 0.4) is 0 Å². The molecule has 4 aliphatic rings. The summed E-state index contributed by atoms with van der Waals surface area (Å²) < 4.78 is 24.1. The van der Waals surface area contributed by atoms with Gasteiger partial charge in [-0.05, 0) is 124 Å². The Labute approximate surface area is 273 Å². The minimum absolute atomic E-state index is 0.182. The molecule has 242 valence electrons. The quantitative estimate of drug-likeness (QED) is 0.280. The van der Waals surface area contributed by atoms with Crippen LogP contribution in [0.4, 0.5) is 0 Å². The summed E-state index contributed by atoms with van der Waals surface area (Å²) in [6, 6.07) is 12.0. The largest absolute Gasteiger partial charge is 0.493 e. The molecule has 0 bridgehead atoms. The molecule has 0 amide bonds. The molecule has 0 spiro atoms. The van der Waals surface area contributed by atoms with Gasteiger partial charge in [0.05, 0.1) is 37.3 Å². The zero-order valence-electron chi connectivity index (χ0n) is 27.4. The molecule has 2 aromatic carbocycles. The Morgan fingerprint density at radius 2 is 1.00 bits per heavy atom. The summed E-state index contributed by atoms with van der Waals surface area (Å²) in [4.78, 5) is 25.8. The van der Waals surface area contributed by atoms with Crippen molar-refractivity contribution in [3.63, 3.8) is 0 Å². The van der Waals surface area contributed by atoms with E-state index in [1.165, 1.54) is 25.7 Å². The highest BCUT2D eigenvalue weighted by molar-refractivity contribution is 5.83. The first-order valence-corrected chi connectivity index (χ1v) is 17.2. The van der Waals surface area contributed by atoms with E-state index in [1.807, 2.05) is 36.4 Å². The van der Waals surface area contributed by atoms with Crippen LogP contribution in [0.15, 0.2) is 36.4 Å². The second kappa shape index (κ2) is 14.3. The van der Waals surface area contributed by atoms with Crippen molar-refractivity contribution in [2.45, 2.75) is 126 Å². The molecule has 46 heavy (non-hydrogen) atoms. The topological polar surface area (TPSA) is 71.1 Å². The number of ether oxygens (including phenoxy) is 4. The number of ketones is 2. The fourth-order valence-corrected chi connectivity index (χ4v) is 7.86. The van der Waals surface area contributed by atoms with Crippen molar-refractivity contribution in [3.05, 3.63) is 47.5 Å². The minimum atomic E-state index is -0.651. The number of benzene rings is 2. The molecule has 0 heterocycles. The summed E-state index contributed by atoms with van der Waals surface area (Å²) in [5, 5.41) is 0. The molecule has 2 atom stereocenters. The molecule has 4 aliphatic carbocycles. The fourth-order valence-electron chi connectivity index (χ4n) is 7.86. The maximum atomic E-state index is 12.9. The van der Waals surface area contributed by atoms with E-state index in [9.17, 15) is 9.59 Å². The van der Waals surface area contributed by atoms with Crippen molar-refractivity contribution in [2.75, 3.05) is 14.2 Å². The second-order valence-corrected chi connectivity index (χ2v) is 13.6. The van der Waals surface area contributed by atoms with E-state index in [2.05, 4.69) is 23.7 Å². The monoisotopic (exact) mass is 622 g/mol. The molecular weight excluding hydrogens is 576 g/mol. The highest BCUT2D eigenvalue weighted by Gasteiger charge is 2.38. The van der Waals surface area contributed by atoms with Crippen LogP contribution < -0.4 is 18.9 Å². The first kappa shape index (κ1) is 32.1. The molecule has 4 fully saturated rings. The van der Waals surface area contributed by atoms with E-state index in [4.69, 9.17) is 18.9 Å². The summed E-state index contributed by atoms with van der Waals surface area (Å²) in [5.41, 5.74) is 0.634. The standard InChI is InChI=1S/C40H46O6/c1-43-35-19-17-29(25-37(35)45-33-13-3-4-14-33)39(23-9-11-31(41)27-39)21-7-8-22-40(24-10-12-32(42)28-40)30-18-20-36(44-2)38(26-30)46-34-15-5-6-16-34/h17-20,25-26,33-34H,3-6,9-16,23-24,27-28H2,1-2H3. The van der Waals surface area contributed by atoms with Crippen molar-refractivity contribution in [1.29, 1.82) is 0 Å². The van der Waals surface area contributed by atoms with Gasteiger partial charge in [-0.1, -0.05) is 24.0 Å². The summed E-state index contributed by atoms with van der Waals surface area (Å²) in [5.74, 6) is 16.6. The van der Waals surface area contributed by atoms with Crippen LogP contribution >= 0.6 is 0 Å². The van der Waals surface area contributed by atoms with Crippen LogP contribution in [-0.2, 0) is 20.4 Å². The molecule has 0 saturated heterocycles. The normalized spacial score (nSPS) is 25.3. The zero-order valence-corrected chi connectivity index (χ0v) is 27.4. The fraction of sp³-hybridized carbons (Fsp3) is 0.550. The van der Waals surface area contributed by atoms with Crippen LogP contribution in [0, 0.1) is 23.7 Å². The van der Waals surface area contributed by atoms with E-state index in [1.54, 1.807) is 14.2 Å². The lowest BCUT2D eigenvalue weighted by molar-refractivity contribution is -0.122. The van der Waals surface area contributed by atoms with Gasteiger partial charge < -0.3 is 18.9 Å². The van der Waals surface area contributed by atoms with Crippen LogP contribution in [0.1, 0.15) is 114 Å². The van der Waals surface area contributed by atoms with Gasteiger partial charge in [0.2, 0.25) is 0 Å². The van der Waals surface area contributed by atoms with Gasteiger partial charge in [-0.3, -0.25) is 9.59 Å². The van der Waals surface area contributed by atoms with Crippen LogP contribution in [-0.4, -0.2) is 38.0 Å². The number of rotatable bonds is 8. The lowest BCUT2D eigenvalue weighted by atomic mass is 9.69. The Morgan fingerprint density at radius 1 is 0.587 bits per heavy atom. The molecule has 0 radical (unpaired) electrons. The highest BCUT2D eigenvalue weighted by Crippen LogP contribution is 2.44. The Kier molecular flexibility index (Phi) is 9.93. The van der Waals surface area contributed by atoms with Crippen LogP contribution in [0.2, 0.25) is 0 Å². The molecule has 2 unspecified atom stereocenters. The van der Waals surface area contributed by atoms with Crippen molar-refractivity contribution in [2.24, 2.45) is 0 Å². The Balaban J connectivity index is 1.34. The van der Waals surface area contributed by atoms with Crippen LogP contribution in [0.5, 0.6) is 23.0 Å². The maximum absolute atomic E-state index is 12.9. The second-order valence-electron chi connectivity index (χ2n) is 13.6. The zero-order chi connectivity index (χ0) is 32.0. The molecule has 4 saturated carbocycles. The van der Waals surface area contributed by atoms with E-state index in [-0.39, 0.29) is 23.8 Å². The molecule has 2 aromatic rings. The highest BCUT2D eigenvalue weighted by atomic mass is 16.5. The summed E-state index contributed by atoms with van der Waals surface area (Å²) in [6.45, 7) is 0. The molecular formula is C40H46O6. The third kappa shape index (κ3) is 7.07. The number of hydrogen-bond acceptors (Lipinski definition) is 6. The van der Waals surface area contributed by atoms with E-state index in [0.717, 1.165) is 62.5 Å². The average molecular weight is 623 g/mol. The maximum Gasteiger partial charge on any atom is 0.161 e. The molecule has 6 nitrogen and oxygen atoms in total. The van der Waals surface area contributed by atoms with Gasteiger partial charge >= 0.3 is 0 Å². The van der Waals surface area contributed by atoms with E-state index in [0.29, 0.717) is 48.7 Å². The molecule has 6 heteroatoms. The van der Waals surface area contributed by atoms with Gasteiger partial charge in [-0.2, -0.15) is 0 Å². The summed E-state index contributed by atoms with van der Waals surface area (Å²) in [6.07, 6.45) is 14.2. The van der Waals surface area contributed by atoms with Crippen molar-refractivity contribution >= 4 is 11.6 Å². The van der Waals surface area contributed by atoms with E-state index >= 15 is 0 Å². The van der Waals surface area contributed by atoms with E-state index < -0.39 is 10.8 Å². The van der Waals surface area contributed by atoms with Crippen molar-refractivity contribution in [3.8, 4) is 46.7 Å². The predicted octanol–water partition coefficient (Wildman–Crippen LogP) is 7.82. The van der Waals surface area contributed by atoms with Gasteiger partial charge in [-0.25, -0.2) is 0 Å². The third-order valence-electron chi connectivity index (χ3n) is 10.4. The van der Waals surface area contributed by atoms with Gasteiger partial charge in [0.25, 0.3) is 0 Å². The average Bonchev–Trinajstić information content (AvgIpc) is 3.78. The Hall–Kier alpha value is -3.90. The SMILES string of the molecule is COc1ccc(C2(C#CC#CC3(c4ccc(OC)c(OC5CCCC5)c4)CCCC(=O)C3)CCCC(=O)C2)cc1OC1CCCC1. The lowest BCUT2D eigenvalue weighted by Gasteiger charge is -2.33. The number of carbonyl (C=O) groups excluding carboxylic acids is 2. The van der Waals surface area contributed by atoms with Crippen LogP contribution in [0.25, 0.3) is 0 Å². The van der Waals surface area contributed by atoms with Crippen molar-refractivity contribution < 1.29 is 28.5 Å². The Bertz CT molecular complexity index is 1440. The van der Waals surface area contributed by atoms with Gasteiger partial charge in [0, 0.05) is 25.7 Å². The smallest absolute Gasteiger partial charge is 0.161 e. The van der Waals surface area contributed by atoms with Gasteiger partial charge in [-0.15, -0.1) is 0 Å². The van der Waals surface area contributed by atoms with Crippen molar-refractivity contribution in [1.82, 2.24) is 0 Å². The number of hydrogen-bond donors (Lipinski definition) is 0. The summed E-state index contributed by atoms with van der Waals surface area (Å²) in [7, 11) is 3.31. The Morgan fingerprint density at radius 3 is 1.37 bits per heavy atom. The summed E-state index contributed by atoms with van der Waals surface area (Å²) >= 11 is 0.